The van der Waals surface area contributed by atoms with Crippen molar-refractivity contribution in [3.05, 3.63) is 34.9 Å². The molecule has 2 unspecified atom stereocenters. The first-order valence-corrected chi connectivity index (χ1v) is 6.91. The Morgan fingerprint density at radius 3 is 2.75 bits per heavy atom. The zero-order valence-electron chi connectivity index (χ0n) is 11.5. The zero-order valence-corrected chi connectivity index (χ0v) is 11.5. The fourth-order valence-electron chi connectivity index (χ4n) is 2.72. The lowest BCUT2D eigenvalue weighted by molar-refractivity contribution is 0.0864. The summed E-state index contributed by atoms with van der Waals surface area (Å²) in [4.78, 5) is 12.1. The Hall–Kier alpha value is -1.49. The summed E-state index contributed by atoms with van der Waals surface area (Å²) in [6.45, 7) is 1.46. The predicted octanol–water partition coefficient (Wildman–Crippen LogP) is 2.55. The molecule has 20 heavy (non-hydrogen) atoms. The topological polar surface area (TPSA) is 49.3 Å². The van der Waals surface area contributed by atoms with Crippen LogP contribution in [0.3, 0.4) is 0 Å². The van der Waals surface area contributed by atoms with Gasteiger partial charge in [0.25, 0.3) is 5.91 Å². The van der Waals surface area contributed by atoms with E-state index in [1.54, 1.807) is 0 Å². The molecule has 0 saturated heterocycles. The molecule has 0 bridgehead atoms. The van der Waals surface area contributed by atoms with Crippen molar-refractivity contribution in [3.63, 3.8) is 0 Å². The Balaban J connectivity index is 2.18. The number of hydrogen-bond acceptors (Lipinski definition) is 2. The second-order valence-corrected chi connectivity index (χ2v) is 5.36. The van der Waals surface area contributed by atoms with Crippen molar-refractivity contribution >= 4 is 5.91 Å². The number of aryl methyl sites for hydroxylation is 1. The molecule has 0 heterocycles. The summed E-state index contributed by atoms with van der Waals surface area (Å²) < 4.78 is 27.6. The molecule has 0 spiro atoms. The fourth-order valence-corrected chi connectivity index (χ4v) is 2.72. The Bertz CT molecular complexity index is 505. The van der Waals surface area contributed by atoms with Crippen molar-refractivity contribution in [3.8, 4) is 0 Å². The minimum atomic E-state index is -0.859. The second kappa shape index (κ2) is 6.31. The van der Waals surface area contributed by atoms with E-state index in [0.29, 0.717) is 0 Å². The zero-order chi connectivity index (χ0) is 14.7. The Morgan fingerprint density at radius 1 is 1.35 bits per heavy atom. The molecule has 1 amide bonds. The molecule has 110 valence electrons. The third kappa shape index (κ3) is 2.98. The van der Waals surface area contributed by atoms with Crippen LogP contribution >= 0.6 is 0 Å². The van der Waals surface area contributed by atoms with Crippen LogP contribution < -0.4 is 5.32 Å². The lowest BCUT2D eigenvalue weighted by Crippen LogP contribution is -2.44. The van der Waals surface area contributed by atoms with E-state index in [1.807, 2.05) is 0 Å². The molecule has 1 aromatic carbocycles. The fraction of sp³-hybridized carbons (Fsp3) is 0.533. The van der Waals surface area contributed by atoms with Gasteiger partial charge in [-0.25, -0.2) is 8.78 Å². The number of carbonyl (C=O) groups is 1. The van der Waals surface area contributed by atoms with E-state index in [2.05, 4.69) is 5.32 Å². The van der Waals surface area contributed by atoms with Crippen LogP contribution in [0.1, 0.15) is 41.6 Å². The first-order valence-electron chi connectivity index (χ1n) is 6.91. The molecule has 0 aliphatic heterocycles. The third-order valence-corrected chi connectivity index (χ3v) is 3.97. The summed E-state index contributed by atoms with van der Waals surface area (Å²) in [6, 6.07) is 2.18. The summed E-state index contributed by atoms with van der Waals surface area (Å²) >= 11 is 0. The number of benzene rings is 1. The van der Waals surface area contributed by atoms with Crippen molar-refractivity contribution in [1.29, 1.82) is 0 Å². The van der Waals surface area contributed by atoms with Gasteiger partial charge in [-0.3, -0.25) is 4.79 Å². The molecule has 3 nitrogen and oxygen atoms in total. The standard InChI is InChI=1S/C15H19F2NO2/c1-9-6-7-11(16)13(14(9)17)15(20)18-12-5-3-2-4-10(12)8-19/h6-7,10,12,19H,2-5,8H2,1H3,(H,18,20). The van der Waals surface area contributed by atoms with Gasteiger partial charge in [-0.2, -0.15) is 0 Å². The maximum absolute atomic E-state index is 13.9. The van der Waals surface area contributed by atoms with Crippen molar-refractivity contribution in [2.75, 3.05) is 6.61 Å². The lowest BCUT2D eigenvalue weighted by atomic mass is 9.85. The van der Waals surface area contributed by atoms with Crippen LogP contribution in [0.2, 0.25) is 0 Å². The maximum Gasteiger partial charge on any atom is 0.257 e. The molecule has 1 saturated carbocycles. The van der Waals surface area contributed by atoms with Gasteiger partial charge in [0.05, 0.1) is 0 Å². The molecular weight excluding hydrogens is 264 g/mol. The van der Waals surface area contributed by atoms with Crippen LogP contribution in [-0.2, 0) is 0 Å². The SMILES string of the molecule is Cc1ccc(F)c(C(=O)NC2CCCCC2CO)c1F. The summed E-state index contributed by atoms with van der Waals surface area (Å²) in [5.41, 5.74) is -0.300. The largest absolute Gasteiger partial charge is 0.396 e. The molecule has 1 aromatic rings. The average molecular weight is 283 g/mol. The highest BCUT2D eigenvalue weighted by Crippen LogP contribution is 2.25. The van der Waals surface area contributed by atoms with Gasteiger partial charge in [0.2, 0.25) is 0 Å². The van der Waals surface area contributed by atoms with Crippen LogP contribution in [0.5, 0.6) is 0 Å². The van der Waals surface area contributed by atoms with Crippen LogP contribution in [-0.4, -0.2) is 23.7 Å². The number of amides is 1. The number of aliphatic hydroxyl groups excluding tert-OH is 1. The quantitative estimate of drug-likeness (QED) is 0.895. The van der Waals surface area contributed by atoms with E-state index in [4.69, 9.17) is 0 Å². The molecule has 2 rings (SSSR count). The van der Waals surface area contributed by atoms with Gasteiger partial charge in [-0.15, -0.1) is 0 Å². The Morgan fingerprint density at radius 2 is 2.05 bits per heavy atom. The highest BCUT2D eigenvalue weighted by molar-refractivity contribution is 5.95. The van der Waals surface area contributed by atoms with Gasteiger partial charge in [-0.05, 0) is 31.4 Å². The molecular formula is C15H19F2NO2. The minimum Gasteiger partial charge on any atom is -0.396 e. The summed E-state index contributed by atoms with van der Waals surface area (Å²) in [5.74, 6) is -2.46. The van der Waals surface area contributed by atoms with Gasteiger partial charge in [-0.1, -0.05) is 18.9 Å². The van der Waals surface area contributed by atoms with Gasteiger partial charge in [0, 0.05) is 18.6 Å². The number of carbonyl (C=O) groups excluding carboxylic acids is 1. The van der Waals surface area contributed by atoms with Gasteiger partial charge in [0.15, 0.2) is 0 Å². The molecule has 2 N–H and O–H groups in total. The van der Waals surface area contributed by atoms with Crippen LogP contribution in [0.15, 0.2) is 12.1 Å². The summed E-state index contributed by atoms with van der Waals surface area (Å²) in [7, 11) is 0. The van der Waals surface area contributed by atoms with Crippen LogP contribution in [0.4, 0.5) is 8.78 Å². The molecule has 2 atom stereocenters. The minimum absolute atomic E-state index is 0.0241. The van der Waals surface area contributed by atoms with E-state index in [0.717, 1.165) is 31.7 Å². The third-order valence-electron chi connectivity index (χ3n) is 3.97. The second-order valence-electron chi connectivity index (χ2n) is 5.36. The Kier molecular flexibility index (Phi) is 4.70. The first kappa shape index (κ1) is 14.9. The molecule has 1 aliphatic rings. The van der Waals surface area contributed by atoms with Gasteiger partial charge < -0.3 is 10.4 Å². The monoisotopic (exact) mass is 283 g/mol. The van der Waals surface area contributed by atoms with Crippen molar-refractivity contribution in [2.24, 2.45) is 5.92 Å². The van der Waals surface area contributed by atoms with Crippen LogP contribution in [0, 0.1) is 24.5 Å². The number of halogens is 2. The predicted molar refractivity (Wildman–Crippen MR) is 71.4 cm³/mol. The highest BCUT2D eigenvalue weighted by Gasteiger charge is 2.28. The molecule has 0 radical (unpaired) electrons. The number of nitrogens with one attached hydrogen (secondary N) is 1. The van der Waals surface area contributed by atoms with E-state index in [9.17, 15) is 18.7 Å². The van der Waals surface area contributed by atoms with Gasteiger partial charge in [0.1, 0.15) is 17.2 Å². The molecule has 5 heteroatoms. The van der Waals surface area contributed by atoms with Crippen molar-refractivity contribution in [1.82, 2.24) is 5.32 Å². The average Bonchev–Trinajstić information content (AvgIpc) is 2.44. The van der Waals surface area contributed by atoms with E-state index in [1.165, 1.54) is 13.0 Å². The number of hydrogen-bond donors (Lipinski definition) is 2. The van der Waals surface area contributed by atoms with Crippen molar-refractivity contribution in [2.45, 2.75) is 38.6 Å². The normalized spacial score (nSPS) is 22.6. The van der Waals surface area contributed by atoms with E-state index in [-0.39, 0.29) is 24.1 Å². The molecule has 1 aliphatic carbocycles. The highest BCUT2D eigenvalue weighted by atomic mass is 19.1. The Labute approximate surface area is 117 Å². The molecule has 0 aromatic heterocycles. The number of aliphatic hydroxyl groups is 1. The first-order chi connectivity index (χ1) is 9.54. The van der Waals surface area contributed by atoms with Gasteiger partial charge >= 0.3 is 0 Å². The number of rotatable bonds is 3. The smallest absolute Gasteiger partial charge is 0.257 e. The van der Waals surface area contributed by atoms with Crippen molar-refractivity contribution < 1.29 is 18.7 Å². The van der Waals surface area contributed by atoms with E-state index < -0.39 is 23.1 Å². The summed E-state index contributed by atoms with van der Waals surface area (Å²) in [5, 5.41) is 12.0. The van der Waals surface area contributed by atoms with Crippen LogP contribution in [0.25, 0.3) is 0 Å². The summed E-state index contributed by atoms with van der Waals surface area (Å²) in [6.07, 6.45) is 3.50. The maximum atomic E-state index is 13.9. The molecule has 1 fully saturated rings. The lowest BCUT2D eigenvalue weighted by Gasteiger charge is -2.31. The van der Waals surface area contributed by atoms with E-state index >= 15 is 0 Å².